The first-order valence-electron chi connectivity index (χ1n) is 5.60. The summed E-state index contributed by atoms with van der Waals surface area (Å²) in [5.41, 5.74) is 0.00843. The lowest BCUT2D eigenvalue weighted by molar-refractivity contribution is 0.0570. The molecule has 0 spiro atoms. The van der Waals surface area contributed by atoms with E-state index < -0.39 is 5.95 Å². The summed E-state index contributed by atoms with van der Waals surface area (Å²) in [5.74, 6) is -1.08. The van der Waals surface area contributed by atoms with Gasteiger partial charge in [-0.05, 0) is 25.5 Å². The van der Waals surface area contributed by atoms with Crippen molar-refractivity contribution < 1.29 is 13.9 Å². The molecule has 0 saturated carbocycles. The number of halogens is 1. The van der Waals surface area contributed by atoms with Crippen LogP contribution >= 0.6 is 0 Å². The van der Waals surface area contributed by atoms with Crippen LogP contribution < -0.4 is 0 Å². The number of nitrogens with zero attached hydrogens (tertiary/aromatic N) is 2. The highest BCUT2D eigenvalue weighted by atomic mass is 19.1. The zero-order valence-electron chi connectivity index (χ0n) is 9.89. The normalized spacial score (nSPS) is 23.7. The molecule has 2 unspecified atom stereocenters. The van der Waals surface area contributed by atoms with Gasteiger partial charge in [-0.15, -0.1) is 0 Å². The molecule has 92 valence electrons. The summed E-state index contributed by atoms with van der Waals surface area (Å²) in [6.07, 6.45) is 2.10. The average Bonchev–Trinajstić information content (AvgIpc) is 2.74. The summed E-state index contributed by atoms with van der Waals surface area (Å²) in [7, 11) is 1.67. The average molecular weight is 238 g/mol. The van der Waals surface area contributed by atoms with Gasteiger partial charge in [-0.25, -0.2) is 4.98 Å². The molecule has 2 rings (SSSR count). The van der Waals surface area contributed by atoms with Gasteiger partial charge in [0.2, 0.25) is 5.95 Å². The predicted molar refractivity (Wildman–Crippen MR) is 60.1 cm³/mol. The molecule has 1 amide bonds. The molecule has 1 aliphatic rings. The summed E-state index contributed by atoms with van der Waals surface area (Å²) < 4.78 is 18.8. The maximum absolute atomic E-state index is 13.4. The molecule has 0 bridgehead atoms. The Morgan fingerprint density at radius 2 is 2.41 bits per heavy atom. The number of likely N-dealkylation sites (N-methyl/N-ethyl adjacent to an activating group) is 1. The second-order valence-corrected chi connectivity index (χ2v) is 4.19. The highest BCUT2D eigenvalue weighted by Gasteiger charge is 2.31. The Kier molecular flexibility index (Phi) is 3.38. The van der Waals surface area contributed by atoms with Gasteiger partial charge in [0.15, 0.2) is 0 Å². The van der Waals surface area contributed by atoms with Gasteiger partial charge in [0, 0.05) is 19.9 Å². The number of hydrogen-bond acceptors (Lipinski definition) is 3. The third kappa shape index (κ3) is 2.29. The third-order valence-corrected chi connectivity index (χ3v) is 3.14. The smallest absolute Gasteiger partial charge is 0.258 e. The first-order chi connectivity index (χ1) is 8.11. The van der Waals surface area contributed by atoms with E-state index in [0.717, 1.165) is 6.42 Å². The fourth-order valence-corrected chi connectivity index (χ4v) is 2.12. The van der Waals surface area contributed by atoms with E-state index in [1.807, 2.05) is 6.92 Å². The predicted octanol–water partition coefficient (Wildman–Crippen LogP) is 1.47. The Hall–Kier alpha value is -1.49. The summed E-state index contributed by atoms with van der Waals surface area (Å²) in [6.45, 7) is 2.56. The summed E-state index contributed by atoms with van der Waals surface area (Å²) >= 11 is 0. The molecule has 4 nitrogen and oxygen atoms in total. The highest BCUT2D eigenvalue weighted by molar-refractivity contribution is 5.94. The molecule has 1 aliphatic heterocycles. The molecule has 0 N–H and O–H groups in total. The fourth-order valence-electron chi connectivity index (χ4n) is 2.12. The zero-order chi connectivity index (χ0) is 12.4. The molecule has 2 heterocycles. The van der Waals surface area contributed by atoms with Gasteiger partial charge < -0.3 is 9.64 Å². The van der Waals surface area contributed by atoms with Gasteiger partial charge >= 0.3 is 0 Å². The minimum Gasteiger partial charge on any atom is -0.376 e. The SMILES string of the molecule is CC1OCCC1N(C)C(=O)c1cccnc1F. The van der Waals surface area contributed by atoms with Crippen LogP contribution in [-0.4, -0.2) is 41.6 Å². The number of pyridine rings is 1. The molecule has 5 heteroatoms. The van der Waals surface area contributed by atoms with E-state index in [0.29, 0.717) is 6.61 Å². The van der Waals surface area contributed by atoms with E-state index in [9.17, 15) is 9.18 Å². The van der Waals surface area contributed by atoms with Crippen molar-refractivity contribution in [3.05, 3.63) is 29.8 Å². The van der Waals surface area contributed by atoms with Crippen LogP contribution in [0.5, 0.6) is 0 Å². The molecule has 0 radical (unpaired) electrons. The molecule has 17 heavy (non-hydrogen) atoms. The van der Waals surface area contributed by atoms with Crippen LogP contribution in [0, 0.1) is 5.95 Å². The van der Waals surface area contributed by atoms with E-state index in [-0.39, 0.29) is 23.6 Å². The molecular formula is C12H15FN2O2. The van der Waals surface area contributed by atoms with Crippen LogP contribution in [0.25, 0.3) is 0 Å². The molecular weight excluding hydrogens is 223 g/mol. The highest BCUT2D eigenvalue weighted by Crippen LogP contribution is 2.20. The van der Waals surface area contributed by atoms with Crippen LogP contribution in [0.4, 0.5) is 4.39 Å². The lowest BCUT2D eigenvalue weighted by Gasteiger charge is -2.26. The zero-order valence-corrected chi connectivity index (χ0v) is 9.89. The minimum atomic E-state index is -0.726. The lowest BCUT2D eigenvalue weighted by Crippen LogP contribution is -2.41. The van der Waals surface area contributed by atoms with Gasteiger partial charge in [0.05, 0.1) is 17.7 Å². The van der Waals surface area contributed by atoms with Crippen LogP contribution in [0.3, 0.4) is 0 Å². The van der Waals surface area contributed by atoms with Gasteiger partial charge in [-0.2, -0.15) is 4.39 Å². The van der Waals surface area contributed by atoms with E-state index in [1.54, 1.807) is 13.1 Å². The van der Waals surface area contributed by atoms with Gasteiger partial charge in [0.25, 0.3) is 5.91 Å². The van der Waals surface area contributed by atoms with Crippen molar-refractivity contribution in [2.45, 2.75) is 25.5 Å². The number of carbonyl (C=O) groups is 1. The second kappa shape index (κ2) is 4.79. The van der Waals surface area contributed by atoms with Crippen LogP contribution in [0.1, 0.15) is 23.7 Å². The molecule has 0 aliphatic carbocycles. The van der Waals surface area contributed by atoms with Crippen molar-refractivity contribution in [1.82, 2.24) is 9.88 Å². The quantitative estimate of drug-likeness (QED) is 0.733. The number of rotatable bonds is 2. The summed E-state index contributed by atoms with van der Waals surface area (Å²) in [4.78, 5) is 17.1. The van der Waals surface area contributed by atoms with Crippen molar-refractivity contribution in [3.63, 3.8) is 0 Å². The monoisotopic (exact) mass is 238 g/mol. The first kappa shape index (κ1) is 12.0. The van der Waals surface area contributed by atoms with Crippen molar-refractivity contribution in [2.24, 2.45) is 0 Å². The van der Waals surface area contributed by atoms with E-state index in [4.69, 9.17) is 4.74 Å². The van der Waals surface area contributed by atoms with Gasteiger partial charge in [-0.3, -0.25) is 4.79 Å². The third-order valence-electron chi connectivity index (χ3n) is 3.14. The maximum Gasteiger partial charge on any atom is 0.258 e. The van der Waals surface area contributed by atoms with Crippen molar-refractivity contribution >= 4 is 5.91 Å². The van der Waals surface area contributed by atoms with E-state index >= 15 is 0 Å². The Bertz CT molecular complexity index is 425. The molecule has 1 aromatic heterocycles. The number of ether oxygens (including phenoxy) is 1. The lowest BCUT2D eigenvalue weighted by atomic mass is 10.1. The number of carbonyl (C=O) groups excluding carboxylic acids is 1. The van der Waals surface area contributed by atoms with E-state index in [1.165, 1.54) is 17.2 Å². The first-order valence-corrected chi connectivity index (χ1v) is 5.60. The standard InChI is InChI=1S/C12H15FN2O2/c1-8-10(5-7-17-8)15(2)12(16)9-4-3-6-14-11(9)13/h3-4,6,8,10H,5,7H2,1-2H3. The van der Waals surface area contributed by atoms with Gasteiger partial charge in [-0.1, -0.05) is 0 Å². The Labute approximate surface area is 99.4 Å². The summed E-state index contributed by atoms with van der Waals surface area (Å²) in [5, 5.41) is 0. The topological polar surface area (TPSA) is 42.4 Å². The summed E-state index contributed by atoms with van der Waals surface area (Å²) in [6, 6.07) is 3.00. The number of hydrogen-bond donors (Lipinski definition) is 0. The Morgan fingerprint density at radius 1 is 1.65 bits per heavy atom. The molecule has 2 atom stereocenters. The van der Waals surface area contributed by atoms with Crippen LogP contribution in [-0.2, 0) is 4.74 Å². The number of amides is 1. The van der Waals surface area contributed by atoms with Crippen LogP contribution in [0.2, 0.25) is 0 Å². The minimum absolute atomic E-state index is 0.00195. The molecule has 0 aromatic carbocycles. The van der Waals surface area contributed by atoms with Crippen molar-refractivity contribution in [2.75, 3.05) is 13.7 Å². The Morgan fingerprint density at radius 3 is 3.00 bits per heavy atom. The fraction of sp³-hybridized carbons (Fsp3) is 0.500. The largest absolute Gasteiger partial charge is 0.376 e. The molecule has 1 fully saturated rings. The second-order valence-electron chi connectivity index (χ2n) is 4.19. The van der Waals surface area contributed by atoms with Crippen molar-refractivity contribution in [3.8, 4) is 0 Å². The van der Waals surface area contributed by atoms with Crippen LogP contribution in [0.15, 0.2) is 18.3 Å². The Balaban J connectivity index is 2.17. The van der Waals surface area contributed by atoms with Gasteiger partial charge in [0.1, 0.15) is 0 Å². The molecule has 1 aromatic rings. The van der Waals surface area contributed by atoms with E-state index in [2.05, 4.69) is 4.98 Å². The number of aromatic nitrogens is 1. The molecule has 1 saturated heterocycles. The maximum atomic E-state index is 13.4. The van der Waals surface area contributed by atoms with Crippen molar-refractivity contribution in [1.29, 1.82) is 0 Å².